The summed E-state index contributed by atoms with van der Waals surface area (Å²) in [6.07, 6.45) is 1.49. The van der Waals surface area contributed by atoms with Gasteiger partial charge in [-0.1, -0.05) is 0 Å². The number of halogens is 2. The maximum Gasteiger partial charge on any atom is 0.262 e. The van der Waals surface area contributed by atoms with E-state index in [4.69, 9.17) is 4.74 Å². The van der Waals surface area contributed by atoms with Crippen LogP contribution in [0.15, 0.2) is 50.4 Å². The smallest absolute Gasteiger partial charge is 0.262 e. The summed E-state index contributed by atoms with van der Waals surface area (Å²) in [5, 5.41) is 16.7. The van der Waals surface area contributed by atoms with Gasteiger partial charge in [0.2, 0.25) is 0 Å². The average molecular weight is 471 g/mol. The summed E-state index contributed by atoms with van der Waals surface area (Å²) in [6, 6.07) is 10.2. The molecule has 0 fully saturated rings. The Labute approximate surface area is 162 Å². The standard InChI is InChI=1S/C17H17Br2N3O3/c1-10(21-12-3-5-13(25-2)6-4-12)17(24)22-20-9-11-7-14(18)16(23)15(19)8-11/h3-10,21,23H,1-2H3,(H,22,24)/b20-9-/t10-/m0/s1. The van der Waals surface area contributed by atoms with Gasteiger partial charge in [0, 0.05) is 5.69 Å². The van der Waals surface area contributed by atoms with Gasteiger partial charge in [-0.25, -0.2) is 5.43 Å². The molecule has 0 aliphatic carbocycles. The summed E-state index contributed by atoms with van der Waals surface area (Å²) in [5.41, 5.74) is 4.00. The van der Waals surface area contributed by atoms with Gasteiger partial charge < -0.3 is 15.2 Å². The molecule has 0 radical (unpaired) electrons. The van der Waals surface area contributed by atoms with Crippen LogP contribution in [0.2, 0.25) is 0 Å². The van der Waals surface area contributed by atoms with Gasteiger partial charge in [-0.2, -0.15) is 5.10 Å². The minimum absolute atomic E-state index is 0.110. The normalized spacial score (nSPS) is 12.0. The number of nitrogens with one attached hydrogen (secondary N) is 2. The first-order valence-corrected chi connectivity index (χ1v) is 8.91. The molecular formula is C17H17Br2N3O3. The summed E-state index contributed by atoms with van der Waals surface area (Å²) in [4.78, 5) is 12.1. The molecule has 0 aromatic heterocycles. The number of phenolic OH excluding ortho intramolecular Hbond substituents is 1. The third-order valence-electron chi connectivity index (χ3n) is 3.29. The largest absolute Gasteiger partial charge is 0.506 e. The average Bonchev–Trinajstić information content (AvgIpc) is 2.60. The van der Waals surface area contributed by atoms with Crippen LogP contribution in [0.25, 0.3) is 0 Å². The monoisotopic (exact) mass is 469 g/mol. The van der Waals surface area contributed by atoms with Gasteiger partial charge in [-0.05, 0) is 80.7 Å². The number of carbonyl (C=O) groups excluding carboxylic acids is 1. The Balaban J connectivity index is 1.92. The van der Waals surface area contributed by atoms with Crippen molar-refractivity contribution in [1.29, 1.82) is 0 Å². The second-order valence-corrected chi connectivity index (χ2v) is 6.87. The van der Waals surface area contributed by atoms with E-state index in [1.54, 1.807) is 26.2 Å². The summed E-state index contributed by atoms with van der Waals surface area (Å²) in [7, 11) is 1.60. The quantitative estimate of drug-likeness (QED) is 0.442. The van der Waals surface area contributed by atoms with Crippen LogP contribution in [0.4, 0.5) is 5.69 Å². The molecule has 132 valence electrons. The molecule has 0 aliphatic rings. The van der Waals surface area contributed by atoms with Crippen molar-refractivity contribution in [2.75, 3.05) is 12.4 Å². The van der Waals surface area contributed by atoms with Crippen molar-refractivity contribution in [3.63, 3.8) is 0 Å². The van der Waals surface area contributed by atoms with E-state index in [1.807, 2.05) is 24.3 Å². The first kappa shape index (κ1) is 19.3. The first-order valence-electron chi connectivity index (χ1n) is 7.32. The van der Waals surface area contributed by atoms with Crippen molar-refractivity contribution < 1.29 is 14.6 Å². The molecular weight excluding hydrogens is 454 g/mol. The zero-order valence-corrected chi connectivity index (χ0v) is 16.8. The van der Waals surface area contributed by atoms with Crippen LogP contribution in [0.3, 0.4) is 0 Å². The summed E-state index contributed by atoms with van der Waals surface area (Å²) >= 11 is 6.48. The number of hydrogen-bond acceptors (Lipinski definition) is 5. The number of ether oxygens (including phenoxy) is 1. The molecule has 0 unspecified atom stereocenters. The number of aromatic hydroxyl groups is 1. The van der Waals surface area contributed by atoms with Crippen LogP contribution < -0.4 is 15.5 Å². The lowest BCUT2D eigenvalue weighted by molar-refractivity contribution is -0.121. The van der Waals surface area contributed by atoms with Crippen LogP contribution in [-0.4, -0.2) is 30.4 Å². The zero-order chi connectivity index (χ0) is 18.4. The summed E-state index contributed by atoms with van der Waals surface area (Å²) in [5.74, 6) is 0.584. The lowest BCUT2D eigenvalue weighted by Gasteiger charge is -2.13. The molecule has 6 nitrogen and oxygen atoms in total. The molecule has 0 spiro atoms. The van der Waals surface area contributed by atoms with E-state index >= 15 is 0 Å². The number of hydrazone groups is 1. The number of hydrogen-bond donors (Lipinski definition) is 3. The molecule has 2 aromatic carbocycles. The second-order valence-electron chi connectivity index (χ2n) is 5.16. The Bertz CT molecular complexity index is 756. The van der Waals surface area contributed by atoms with Crippen molar-refractivity contribution in [3.05, 3.63) is 50.9 Å². The number of carbonyl (C=O) groups is 1. The highest BCUT2D eigenvalue weighted by molar-refractivity contribution is 9.11. The highest BCUT2D eigenvalue weighted by Gasteiger charge is 2.11. The summed E-state index contributed by atoms with van der Waals surface area (Å²) < 4.78 is 6.16. The fourth-order valence-corrected chi connectivity index (χ4v) is 3.15. The molecule has 0 heterocycles. The zero-order valence-electron chi connectivity index (χ0n) is 13.6. The van der Waals surface area contributed by atoms with Crippen LogP contribution in [0.5, 0.6) is 11.5 Å². The second kappa shape index (κ2) is 8.87. The van der Waals surface area contributed by atoms with Crippen molar-refractivity contribution in [2.24, 2.45) is 5.10 Å². The Hall–Kier alpha value is -2.06. The van der Waals surface area contributed by atoms with Gasteiger partial charge in [0.05, 0.1) is 22.3 Å². The summed E-state index contributed by atoms with van der Waals surface area (Å²) in [6.45, 7) is 1.74. The number of rotatable bonds is 6. The minimum atomic E-state index is -0.469. The van der Waals surface area contributed by atoms with E-state index in [0.29, 0.717) is 14.5 Å². The van der Waals surface area contributed by atoms with Gasteiger partial charge >= 0.3 is 0 Å². The van der Waals surface area contributed by atoms with E-state index in [9.17, 15) is 9.90 Å². The van der Waals surface area contributed by atoms with Crippen molar-refractivity contribution >= 4 is 49.7 Å². The van der Waals surface area contributed by atoms with E-state index in [1.165, 1.54) is 6.21 Å². The molecule has 0 saturated heterocycles. The number of amides is 1. The fourth-order valence-electron chi connectivity index (χ4n) is 1.93. The molecule has 0 bridgehead atoms. The van der Waals surface area contributed by atoms with Gasteiger partial charge in [0.1, 0.15) is 17.5 Å². The lowest BCUT2D eigenvalue weighted by atomic mass is 10.2. The van der Waals surface area contributed by atoms with Gasteiger partial charge in [0.25, 0.3) is 5.91 Å². The van der Waals surface area contributed by atoms with Crippen LogP contribution >= 0.6 is 31.9 Å². The lowest BCUT2D eigenvalue weighted by Crippen LogP contribution is -2.34. The van der Waals surface area contributed by atoms with E-state index < -0.39 is 6.04 Å². The topological polar surface area (TPSA) is 83.0 Å². The number of nitrogens with zero attached hydrogens (tertiary/aromatic N) is 1. The first-order chi connectivity index (χ1) is 11.9. The van der Waals surface area contributed by atoms with E-state index in [0.717, 1.165) is 11.4 Å². The Morgan fingerprint density at radius 3 is 2.40 bits per heavy atom. The van der Waals surface area contributed by atoms with E-state index in [-0.39, 0.29) is 11.7 Å². The Morgan fingerprint density at radius 2 is 1.84 bits per heavy atom. The highest BCUT2D eigenvalue weighted by Crippen LogP contribution is 2.32. The molecule has 0 saturated carbocycles. The number of methoxy groups -OCH3 is 1. The van der Waals surface area contributed by atoms with Gasteiger partial charge in [0.15, 0.2) is 0 Å². The third kappa shape index (κ3) is 5.47. The predicted octanol–water partition coefficient (Wildman–Crippen LogP) is 3.88. The Morgan fingerprint density at radius 1 is 1.24 bits per heavy atom. The van der Waals surface area contributed by atoms with Gasteiger partial charge in [-0.15, -0.1) is 0 Å². The highest BCUT2D eigenvalue weighted by atomic mass is 79.9. The number of benzene rings is 2. The SMILES string of the molecule is COc1ccc(N[C@@H](C)C(=O)N/N=C\c2cc(Br)c(O)c(Br)c2)cc1. The molecule has 2 aromatic rings. The molecule has 8 heteroatoms. The minimum Gasteiger partial charge on any atom is -0.506 e. The van der Waals surface area contributed by atoms with Crippen molar-refractivity contribution in [3.8, 4) is 11.5 Å². The molecule has 0 aliphatic heterocycles. The molecule has 3 N–H and O–H groups in total. The number of anilines is 1. The number of phenols is 1. The molecule has 25 heavy (non-hydrogen) atoms. The molecule has 2 rings (SSSR count). The van der Waals surface area contributed by atoms with Crippen molar-refractivity contribution in [1.82, 2.24) is 5.43 Å². The van der Waals surface area contributed by atoms with Crippen LogP contribution in [0, 0.1) is 0 Å². The molecule has 1 atom stereocenters. The maximum absolute atomic E-state index is 12.1. The predicted molar refractivity (Wildman–Crippen MR) is 105 cm³/mol. The Kier molecular flexibility index (Phi) is 6.83. The fraction of sp³-hybridized carbons (Fsp3) is 0.176. The van der Waals surface area contributed by atoms with Crippen LogP contribution in [-0.2, 0) is 4.79 Å². The van der Waals surface area contributed by atoms with Crippen LogP contribution in [0.1, 0.15) is 12.5 Å². The maximum atomic E-state index is 12.1. The van der Waals surface area contributed by atoms with Crippen molar-refractivity contribution in [2.45, 2.75) is 13.0 Å². The van der Waals surface area contributed by atoms with E-state index in [2.05, 4.69) is 47.7 Å². The van der Waals surface area contributed by atoms with Gasteiger partial charge in [-0.3, -0.25) is 4.79 Å². The molecule has 1 amide bonds. The third-order valence-corrected chi connectivity index (χ3v) is 4.50.